The molecule has 1 radical (unpaired) electrons. The predicted molar refractivity (Wildman–Crippen MR) is 91.5 cm³/mol. The molecule has 3 rings (SSSR count). The van der Waals surface area contributed by atoms with E-state index in [0.717, 1.165) is 16.8 Å². The number of hydrogen-bond donors (Lipinski definition) is 1. The predicted octanol–water partition coefficient (Wildman–Crippen LogP) is 3.68. The second-order valence-electron chi connectivity index (χ2n) is 5.19. The van der Waals surface area contributed by atoms with E-state index in [2.05, 4.69) is 16.5 Å². The Kier molecular flexibility index (Phi) is 4.52. The van der Waals surface area contributed by atoms with Crippen molar-refractivity contribution in [2.24, 2.45) is 7.05 Å². The molecule has 0 saturated carbocycles. The lowest BCUT2D eigenvalue weighted by molar-refractivity contribution is -0.111. The van der Waals surface area contributed by atoms with Gasteiger partial charge in [0.2, 0.25) is 5.91 Å². The average Bonchev–Trinajstić information content (AvgIpc) is 2.95. The van der Waals surface area contributed by atoms with Crippen LogP contribution < -0.4 is 5.32 Å². The highest BCUT2D eigenvalue weighted by Crippen LogP contribution is 2.24. The van der Waals surface area contributed by atoms with Gasteiger partial charge in [-0.2, -0.15) is 5.10 Å². The molecule has 24 heavy (non-hydrogen) atoms. The molecule has 5 heteroatoms. The van der Waals surface area contributed by atoms with E-state index >= 15 is 0 Å². The molecule has 2 aromatic carbocycles. The first-order valence-corrected chi connectivity index (χ1v) is 7.36. The van der Waals surface area contributed by atoms with Crippen LogP contribution in [0, 0.1) is 11.9 Å². The fourth-order valence-electron chi connectivity index (χ4n) is 2.36. The molecular formula is C19H15FN3O. The molecule has 0 aliphatic rings. The van der Waals surface area contributed by atoms with Crippen LogP contribution in [0.15, 0.2) is 60.8 Å². The topological polar surface area (TPSA) is 46.9 Å². The molecule has 3 aromatic rings. The van der Waals surface area contributed by atoms with Gasteiger partial charge in [-0.15, -0.1) is 0 Å². The molecule has 0 spiro atoms. The van der Waals surface area contributed by atoms with Crippen LogP contribution in [0.1, 0.15) is 5.56 Å². The van der Waals surface area contributed by atoms with Gasteiger partial charge in [0.15, 0.2) is 0 Å². The van der Waals surface area contributed by atoms with Crippen molar-refractivity contribution in [3.63, 3.8) is 0 Å². The number of nitrogens with one attached hydrogen (secondary N) is 1. The van der Waals surface area contributed by atoms with E-state index in [1.165, 1.54) is 18.2 Å². The van der Waals surface area contributed by atoms with E-state index in [1.807, 2.05) is 0 Å². The number of halogens is 1. The molecule has 0 bridgehead atoms. The molecular weight excluding hydrogens is 305 g/mol. The number of rotatable bonds is 4. The number of amides is 1. The van der Waals surface area contributed by atoms with E-state index in [1.54, 1.807) is 60.4 Å². The normalized spacial score (nSPS) is 10.9. The van der Waals surface area contributed by atoms with Crippen molar-refractivity contribution in [3.8, 4) is 11.3 Å². The second kappa shape index (κ2) is 6.91. The molecule has 0 aliphatic heterocycles. The molecule has 4 nitrogen and oxygen atoms in total. The van der Waals surface area contributed by atoms with Crippen LogP contribution in [0.25, 0.3) is 17.3 Å². The Balaban J connectivity index is 1.80. The SMILES string of the molecule is Cn1ncc(/C=C/C(=O)Nc2c[c]ccc2)c1-c1ccc(F)cc1. The zero-order chi connectivity index (χ0) is 16.9. The number of aromatic nitrogens is 2. The molecule has 1 amide bonds. The molecule has 119 valence electrons. The van der Waals surface area contributed by atoms with Gasteiger partial charge in [-0.3, -0.25) is 9.48 Å². The van der Waals surface area contributed by atoms with E-state index < -0.39 is 0 Å². The lowest BCUT2D eigenvalue weighted by Crippen LogP contribution is -2.07. The lowest BCUT2D eigenvalue weighted by atomic mass is 10.1. The monoisotopic (exact) mass is 320 g/mol. The quantitative estimate of drug-likeness (QED) is 0.746. The molecule has 0 saturated heterocycles. The first kappa shape index (κ1) is 15.7. The summed E-state index contributed by atoms with van der Waals surface area (Å²) >= 11 is 0. The van der Waals surface area contributed by atoms with Crippen LogP contribution in [-0.4, -0.2) is 15.7 Å². The third kappa shape index (κ3) is 3.57. The maximum atomic E-state index is 13.1. The largest absolute Gasteiger partial charge is 0.322 e. The van der Waals surface area contributed by atoms with Crippen LogP contribution >= 0.6 is 0 Å². The Labute approximate surface area is 139 Å². The van der Waals surface area contributed by atoms with Crippen LogP contribution in [0.3, 0.4) is 0 Å². The number of hydrogen-bond acceptors (Lipinski definition) is 2. The summed E-state index contributed by atoms with van der Waals surface area (Å²) in [5.74, 6) is -0.541. The lowest BCUT2D eigenvalue weighted by Gasteiger charge is -2.04. The summed E-state index contributed by atoms with van der Waals surface area (Å²) in [5, 5.41) is 6.96. The van der Waals surface area contributed by atoms with E-state index in [4.69, 9.17) is 0 Å². The van der Waals surface area contributed by atoms with Gasteiger partial charge < -0.3 is 5.32 Å². The summed E-state index contributed by atoms with van der Waals surface area (Å²) in [4.78, 5) is 12.0. The highest BCUT2D eigenvalue weighted by atomic mass is 19.1. The molecule has 1 N–H and O–H groups in total. The van der Waals surface area contributed by atoms with Crippen molar-refractivity contribution in [1.29, 1.82) is 0 Å². The highest BCUT2D eigenvalue weighted by molar-refractivity contribution is 6.02. The Morgan fingerprint density at radius 2 is 2.08 bits per heavy atom. The van der Waals surface area contributed by atoms with Crippen LogP contribution in [0.4, 0.5) is 10.1 Å². The number of aryl methyl sites for hydroxylation is 1. The molecule has 0 atom stereocenters. The number of nitrogens with zero attached hydrogens (tertiary/aromatic N) is 2. The van der Waals surface area contributed by atoms with Crippen molar-refractivity contribution in [3.05, 3.63) is 78.3 Å². The van der Waals surface area contributed by atoms with E-state index in [-0.39, 0.29) is 11.7 Å². The van der Waals surface area contributed by atoms with Crippen molar-refractivity contribution >= 4 is 17.7 Å². The summed E-state index contributed by atoms with van der Waals surface area (Å²) in [5.41, 5.74) is 3.09. The maximum Gasteiger partial charge on any atom is 0.248 e. The molecule has 0 unspecified atom stereocenters. The Hall–Kier alpha value is -3.21. The van der Waals surface area contributed by atoms with Crippen molar-refractivity contribution in [2.45, 2.75) is 0 Å². The van der Waals surface area contributed by atoms with Gasteiger partial charge >= 0.3 is 0 Å². The Morgan fingerprint density at radius 3 is 2.79 bits per heavy atom. The summed E-state index contributed by atoms with van der Waals surface area (Å²) in [6, 6.07) is 16.1. The minimum atomic E-state index is -0.294. The zero-order valence-electron chi connectivity index (χ0n) is 13.0. The first-order valence-electron chi connectivity index (χ1n) is 7.36. The third-order valence-electron chi connectivity index (χ3n) is 3.47. The third-order valence-corrected chi connectivity index (χ3v) is 3.47. The van der Waals surface area contributed by atoms with Gasteiger partial charge in [-0.1, -0.05) is 12.1 Å². The number of benzene rings is 2. The van der Waals surface area contributed by atoms with Crippen molar-refractivity contribution in [1.82, 2.24) is 9.78 Å². The first-order chi connectivity index (χ1) is 11.6. The minimum Gasteiger partial charge on any atom is -0.322 e. The van der Waals surface area contributed by atoms with Crippen LogP contribution in [0.2, 0.25) is 0 Å². The summed E-state index contributed by atoms with van der Waals surface area (Å²) in [6.07, 6.45) is 4.80. The Morgan fingerprint density at radius 1 is 1.29 bits per heavy atom. The van der Waals surface area contributed by atoms with Crippen molar-refractivity contribution < 1.29 is 9.18 Å². The zero-order valence-corrected chi connectivity index (χ0v) is 13.0. The highest BCUT2D eigenvalue weighted by Gasteiger charge is 2.09. The number of anilines is 1. The van der Waals surface area contributed by atoms with Gasteiger partial charge in [0.05, 0.1) is 11.9 Å². The fourth-order valence-corrected chi connectivity index (χ4v) is 2.36. The van der Waals surface area contributed by atoms with Gasteiger partial charge in [0.25, 0.3) is 0 Å². The standard InChI is InChI=1S/C19H15FN3O/c1-23-19(14-7-10-16(20)11-8-14)15(13-21-23)9-12-18(24)22-17-5-3-2-4-6-17/h2-3,5-13H,1H3,(H,22,24)/b12-9+. The fraction of sp³-hybridized carbons (Fsp3) is 0.0526. The second-order valence-corrected chi connectivity index (χ2v) is 5.19. The molecule has 0 aliphatic carbocycles. The summed E-state index contributed by atoms with van der Waals surface area (Å²) < 4.78 is 14.8. The van der Waals surface area contributed by atoms with Crippen molar-refractivity contribution in [2.75, 3.05) is 5.32 Å². The smallest absolute Gasteiger partial charge is 0.248 e. The van der Waals surface area contributed by atoms with Gasteiger partial charge in [0, 0.05) is 29.9 Å². The van der Waals surface area contributed by atoms with Gasteiger partial charge in [0.1, 0.15) is 5.82 Å². The summed E-state index contributed by atoms with van der Waals surface area (Å²) in [6.45, 7) is 0. The number of carbonyl (C=O) groups is 1. The molecule has 0 fully saturated rings. The van der Waals surface area contributed by atoms with Crippen LogP contribution in [0.5, 0.6) is 0 Å². The minimum absolute atomic E-state index is 0.247. The molecule has 1 aromatic heterocycles. The van der Waals surface area contributed by atoms with E-state index in [0.29, 0.717) is 5.69 Å². The van der Waals surface area contributed by atoms with Gasteiger partial charge in [-0.05, 0) is 48.5 Å². The average molecular weight is 320 g/mol. The maximum absolute atomic E-state index is 13.1. The van der Waals surface area contributed by atoms with E-state index in [9.17, 15) is 9.18 Å². The number of carbonyl (C=O) groups excluding carboxylic acids is 1. The molecule has 1 heterocycles. The van der Waals surface area contributed by atoms with Crippen LogP contribution in [-0.2, 0) is 11.8 Å². The van der Waals surface area contributed by atoms with Gasteiger partial charge in [-0.25, -0.2) is 4.39 Å². The Bertz CT molecular complexity index is 867. The summed E-state index contributed by atoms with van der Waals surface area (Å²) in [7, 11) is 1.80.